The first-order valence-electron chi connectivity index (χ1n) is 8.50. The standard InChI is InChI=1S/C20H19NO4/c1-22-16-6-12-9-21-20-13(14(12)7-17(16)23-2)4-3-11-5-18-19(8-15(11)20)25-10-24-18/h5-8,13H,3-4,9-10H2,1-2H3. The average Bonchev–Trinajstić information content (AvgIpc) is 3.11. The highest BCUT2D eigenvalue weighted by Crippen LogP contribution is 2.45. The maximum absolute atomic E-state index is 5.57. The van der Waals surface area contributed by atoms with Gasteiger partial charge in [-0.2, -0.15) is 0 Å². The van der Waals surface area contributed by atoms with Crippen LogP contribution in [0.1, 0.15) is 34.6 Å². The summed E-state index contributed by atoms with van der Waals surface area (Å²) in [5, 5.41) is 0. The molecule has 5 nitrogen and oxygen atoms in total. The van der Waals surface area contributed by atoms with Gasteiger partial charge in [0.1, 0.15) is 0 Å². The van der Waals surface area contributed by atoms with E-state index in [1.807, 2.05) is 0 Å². The first-order chi connectivity index (χ1) is 12.3. The van der Waals surface area contributed by atoms with Gasteiger partial charge in [0.25, 0.3) is 0 Å². The van der Waals surface area contributed by atoms with Crippen molar-refractivity contribution in [3.05, 3.63) is 46.5 Å². The van der Waals surface area contributed by atoms with Gasteiger partial charge in [0.15, 0.2) is 23.0 Å². The van der Waals surface area contributed by atoms with Crippen LogP contribution in [0.5, 0.6) is 23.0 Å². The summed E-state index contributed by atoms with van der Waals surface area (Å²) in [6.45, 7) is 0.962. The molecule has 3 aliphatic rings. The zero-order valence-corrected chi connectivity index (χ0v) is 14.3. The number of methoxy groups -OCH3 is 2. The Morgan fingerprint density at radius 3 is 2.52 bits per heavy atom. The van der Waals surface area contributed by atoms with Crippen LogP contribution < -0.4 is 18.9 Å². The van der Waals surface area contributed by atoms with E-state index in [9.17, 15) is 0 Å². The van der Waals surface area contributed by atoms with Crippen LogP contribution in [0.4, 0.5) is 0 Å². The van der Waals surface area contributed by atoms with Gasteiger partial charge < -0.3 is 18.9 Å². The van der Waals surface area contributed by atoms with E-state index in [0.717, 1.165) is 41.6 Å². The van der Waals surface area contributed by atoms with Crippen LogP contribution in [0.3, 0.4) is 0 Å². The minimum absolute atomic E-state index is 0.288. The van der Waals surface area contributed by atoms with E-state index < -0.39 is 0 Å². The zero-order chi connectivity index (χ0) is 17.0. The number of rotatable bonds is 2. The Bertz CT molecular complexity index is 903. The van der Waals surface area contributed by atoms with Crippen molar-refractivity contribution >= 4 is 5.71 Å². The highest BCUT2D eigenvalue weighted by atomic mass is 16.7. The van der Waals surface area contributed by atoms with Gasteiger partial charge in [-0.05, 0) is 53.8 Å². The van der Waals surface area contributed by atoms with Gasteiger partial charge in [0.05, 0.1) is 26.5 Å². The van der Waals surface area contributed by atoms with Crippen molar-refractivity contribution in [2.24, 2.45) is 4.99 Å². The fourth-order valence-corrected chi connectivity index (χ4v) is 4.12. The molecule has 0 amide bonds. The summed E-state index contributed by atoms with van der Waals surface area (Å²) < 4.78 is 22.0. The molecule has 2 aliphatic heterocycles. The molecular formula is C20H19NO4. The topological polar surface area (TPSA) is 49.3 Å². The van der Waals surface area contributed by atoms with Crippen LogP contribution in [0.15, 0.2) is 29.3 Å². The Morgan fingerprint density at radius 2 is 1.72 bits per heavy atom. The summed E-state index contributed by atoms with van der Waals surface area (Å²) >= 11 is 0. The Labute approximate surface area is 146 Å². The maximum atomic E-state index is 5.57. The van der Waals surface area contributed by atoms with Gasteiger partial charge in [0.2, 0.25) is 6.79 Å². The van der Waals surface area contributed by atoms with Crippen molar-refractivity contribution in [2.75, 3.05) is 21.0 Å². The molecule has 1 atom stereocenters. The van der Waals surface area contributed by atoms with Crippen LogP contribution in [-0.2, 0) is 13.0 Å². The van der Waals surface area contributed by atoms with Crippen LogP contribution >= 0.6 is 0 Å². The third kappa shape index (κ3) is 2.11. The highest BCUT2D eigenvalue weighted by Gasteiger charge is 2.33. The largest absolute Gasteiger partial charge is 0.493 e. The quantitative estimate of drug-likeness (QED) is 0.842. The Morgan fingerprint density at radius 1 is 0.960 bits per heavy atom. The lowest BCUT2D eigenvalue weighted by atomic mass is 9.75. The number of nitrogens with zero attached hydrogens (tertiary/aromatic N) is 1. The number of aliphatic imine (C=N–C) groups is 1. The summed E-state index contributed by atoms with van der Waals surface area (Å²) in [5.74, 6) is 3.50. The molecule has 0 N–H and O–H groups in total. The van der Waals surface area contributed by atoms with E-state index in [2.05, 4.69) is 24.3 Å². The molecule has 1 unspecified atom stereocenters. The number of aryl methyl sites for hydroxylation is 1. The van der Waals surface area contributed by atoms with E-state index in [0.29, 0.717) is 13.3 Å². The summed E-state index contributed by atoms with van der Waals surface area (Å²) in [4.78, 5) is 4.91. The van der Waals surface area contributed by atoms with E-state index in [1.54, 1.807) is 14.2 Å². The molecule has 128 valence electrons. The van der Waals surface area contributed by atoms with Crippen LogP contribution in [0, 0.1) is 0 Å². The second-order valence-electron chi connectivity index (χ2n) is 6.56. The number of fused-ring (bicyclic) bond motifs is 6. The Kier molecular flexibility index (Phi) is 3.17. The van der Waals surface area contributed by atoms with E-state index in [1.165, 1.54) is 22.3 Å². The lowest BCUT2D eigenvalue weighted by Gasteiger charge is -2.32. The summed E-state index contributed by atoms with van der Waals surface area (Å²) in [6.07, 6.45) is 2.04. The third-order valence-corrected chi connectivity index (χ3v) is 5.35. The number of hydrogen-bond acceptors (Lipinski definition) is 5. The van der Waals surface area contributed by atoms with Crippen LogP contribution in [0.25, 0.3) is 0 Å². The summed E-state index contributed by atoms with van der Waals surface area (Å²) in [7, 11) is 3.35. The molecule has 0 radical (unpaired) electrons. The molecule has 2 aromatic carbocycles. The van der Waals surface area contributed by atoms with Gasteiger partial charge in [-0.15, -0.1) is 0 Å². The van der Waals surface area contributed by atoms with Crippen molar-refractivity contribution < 1.29 is 18.9 Å². The fraction of sp³-hybridized carbons (Fsp3) is 0.350. The number of hydrogen-bond donors (Lipinski definition) is 0. The Hall–Kier alpha value is -2.69. The molecule has 25 heavy (non-hydrogen) atoms. The van der Waals surface area contributed by atoms with Crippen LogP contribution in [0.2, 0.25) is 0 Å². The smallest absolute Gasteiger partial charge is 0.231 e. The lowest BCUT2D eigenvalue weighted by molar-refractivity contribution is 0.174. The van der Waals surface area contributed by atoms with E-state index >= 15 is 0 Å². The van der Waals surface area contributed by atoms with Gasteiger partial charge >= 0.3 is 0 Å². The van der Waals surface area contributed by atoms with Gasteiger partial charge in [0, 0.05) is 11.5 Å². The molecule has 2 heterocycles. The normalized spacial score (nSPS) is 19.4. The van der Waals surface area contributed by atoms with Gasteiger partial charge in [-0.3, -0.25) is 4.99 Å². The fourth-order valence-electron chi connectivity index (χ4n) is 4.12. The van der Waals surface area contributed by atoms with Crippen molar-refractivity contribution in [1.29, 1.82) is 0 Å². The molecule has 1 aliphatic carbocycles. The van der Waals surface area contributed by atoms with Crippen molar-refractivity contribution in [2.45, 2.75) is 25.3 Å². The molecule has 0 saturated carbocycles. The third-order valence-electron chi connectivity index (χ3n) is 5.35. The molecule has 0 aromatic heterocycles. The maximum Gasteiger partial charge on any atom is 0.231 e. The molecule has 0 bridgehead atoms. The monoisotopic (exact) mass is 337 g/mol. The second-order valence-corrected chi connectivity index (χ2v) is 6.56. The molecule has 5 rings (SSSR count). The molecule has 0 saturated heterocycles. The van der Waals surface area contributed by atoms with Crippen molar-refractivity contribution in [1.82, 2.24) is 0 Å². The number of benzene rings is 2. The molecule has 0 fully saturated rings. The molecule has 0 spiro atoms. The number of ether oxygens (including phenoxy) is 4. The molecule has 5 heteroatoms. The molecule has 2 aromatic rings. The van der Waals surface area contributed by atoms with Gasteiger partial charge in [-0.1, -0.05) is 0 Å². The highest BCUT2D eigenvalue weighted by molar-refractivity contribution is 6.08. The summed E-state index contributed by atoms with van der Waals surface area (Å²) in [6, 6.07) is 8.38. The van der Waals surface area contributed by atoms with Gasteiger partial charge in [-0.25, -0.2) is 0 Å². The minimum Gasteiger partial charge on any atom is -0.493 e. The predicted molar refractivity (Wildman–Crippen MR) is 93.4 cm³/mol. The predicted octanol–water partition coefficient (Wildman–Crippen LogP) is 3.47. The first-order valence-corrected chi connectivity index (χ1v) is 8.50. The molecular weight excluding hydrogens is 318 g/mol. The lowest BCUT2D eigenvalue weighted by Crippen LogP contribution is -2.26. The first kappa shape index (κ1) is 14.6. The van der Waals surface area contributed by atoms with Crippen molar-refractivity contribution in [3.63, 3.8) is 0 Å². The van der Waals surface area contributed by atoms with E-state index in [4.69, 9.17) is 23.9 Å². The Balaban J connectivity index is 1.62. The van der Waals surface area contributed by atoms with E-state index in [-0.39, 0.29) is 5.92 Å². The minimum atomic E-state index is 0.288. The SMILES string of the molecule is COc1cc2c(cc1OC)C1CCc3cc4c(cc3C1=NC2)OCO4. The zero-order valence-electron chi connectivity index (χ0n) is 14.3. The van der Waals surface area contributed by atoms with Crippen molar-refractivity contribution in [3.8, 4) is 23.0 Å². The second kappa shape index (κ2) is 5.41. The van der Waals surface area contributed by atoms with Crippen LogP contribution in [-0.4, -0.2) is 26.7 Å². The average molecular weight is 337 g/mol. The summed E-state index contributed by atoms with van der Waals surface area (Å²) in [5.41, 5.74) is 6.16.